The Labute approximate surface area is 313 Å². The van der Waals surface area contributed by atoms with Crippen molar-refractivity contribution in [3.05, 3.63) is 84.7 Å². The quantitative estimate of drug-likeness (QED) is 0.153. The molecule has 280 valence electrons. The fourth-order valence-corrected chi connectivity index (χ4v) is 8.48. The summed E-state index contributed by atoms with van der Waals surface area (Å²) in [6.07, 6.45) is 7.12. The highest BCUT2D eigenvalue weighted by atomic mass is 16.7. The van der Waals surface area contributed by atoms with Crippen LogP contribution in [0.15, 0.2) is 73.1 Å². The van der Waals surface area contributed by atoms with Crippen molar-refractivity contribution in [2.75, 3.05) is 46.6 Å². The van der Waals surface area contributed by atoms with Crippen LogP contribution in [0.3, 0.4) is 0 Å². The first-order valence-electron chi connectivity index (χ1n) is 18.9. The van der Waals surface area contributed by atoms with Gasteiger partial charge in [-0.2, -0.15) is 0 Å². The first kappa shape index (κ1) is 34.7. The minimum Gasteiger partial charge on any atom is -0.453 e. The molecule has 6 heterocycles. The molecule has 9 rings (SSSR count). The highest BCUT2D eigenvalue weighted by Crippen LogP contribution is 2.43. The van der Waals surface area contributed by atoms with E-state index in [0.717, 1.165) is 63.2 Å². The molecular weight excluding hydrogens is 686 g/mol. The van der Waals surface area contributed by atoms with Crippen LogP contribution in [0.25, 0.3) is 44.4 Å². The number of hydrogen-bond acceptors (Lipinski definition) is 9. The van der Waals surface area contributed by atoms with Gasteiger partial charge >= 0.3 is 6.09 Å². The Morgan fingerprint density at radius 2 is 1.48 bits per heavy atom. The van der Waals surface area contributed by atoms with Gasteiger partial charge in [0.15, 0.2) is 5.79 Å². The van der Waals surface area contributed by atoms with Crippen LogP contribution in [0.4, 0.5) is 4.79 Å². The second-order valence-electron chi connectivity index (χ2n) is 14.7. The lowest BCUT2D eigenvalue weighted by atomic mass is 9.90. The van der Waals surface area contributed by atoms with Crippen LogP contribution in [0.5, 0.6) is 0 Å². The van der Waals surface area contributed by atoms with Crippen LogP contribution >= 0.6 is 0 Å². The summed E-state index contributed by atoms with van der Waals surface area (Å²) in [5.74, 6) is 0.420. The van der Waals surface area contributed by atoms with Crippen LogP contribution in [-0.4, -0.2) is 95.3 Å². The lowest BCUT2D eigenvalue weighted by molar-refractivity contribution is -0.154. The number of imidazole rings is 2. The summed E-state index contributed by atoms with van der Waals surface area (Å²) in [6, 6.07) is 20.6. The zero-order chi connectivity index (χ0) is 36.6. The molecule has 4 saturated heterocycles. The minimum atomic E-state index is -0.922. The van der Waals surface area contributed by atoms with E-state index in [1.54, 1.807) is 4.90 Å². The maximum absolute atomic E-state index is 14.4. The number of carbonyl (C=O) groups is 2. The fourth-order valence-electron chi connectivity index (χ4n) is 8.48. The van der Waals surface area contributed by atoms with E-state index in [9.17, 15) is 9.59 Å². The number of nitrogens with one attached hydrogen (secondary N) is 4. The number of likely N-dealkylation sites (tertiary alicyclic amines) is 1. The zero-order valence-corrected chi connectivity index (χ0v) is 30.3. The zero-order valence-electron chi connectivity index (χ0n) is 30.3. The molecule has 13 heteroatoms. The number of benzene rings is 3. The third-order valence-corrected chi connectivity index (χ3v) is 11.4. The van der Waals surface area contributed by atoms with Gasteiger partial charge in [0.05, 0.1) is 62.7 Å². The Morgan fingerprint density at radius 3 is 2.20 bits per heavy atom. The van der Waals surface area contributed by atoms with Crippen LogP contribution in [0.1, 0.15) is 55.8 Å². The van der Waals surface area contributed by atoms with Gasteiger partial charge in [0.2, 0.25) is 5.91 Å². The maximum Gasteiger partial charge on any atom is 0.407 e. The molecule has 4 N–H and O–H groups in total. The number of aromatic nitrogens is 4. The van der Waals surface area contributed by atoms with Crippen molar-refractivity contribution in [3.63, 3.8) is 0 Å². The van der Waals surface area contributed by atoms with Crippen molar-refractivity contribution in [2.24, 2.45) is 5.92 Å². The predicted octanol–water partition coefficient (Wildman–Crippen LogP) is 5.88. The third-order valence-electron chi connectivity index (χ3n) is 11.4. The van der Waals surface area contributed by atoms with Gasteiger partial charge in [-0.15, -0.1) is 0 Å². The Morgan fingerprint density at radius 1 is 0.833 bits per heavy atom. The molecule has 4 aliphatic rings. The number of aromatic amines is 2. The standard InChI is InChI=1S/C41H45N7O6/c1-51-40(50)47-36(27-12-15-52-16-13-27)39(49)48-24-41(53-17-18-54-41)21-35(48)38-44-23-34(46-38)31-11-10-29-19-28(8-9-30(29)20-31)25-4-6-26(7-5-25)33-22-43-37(45-33)32-3-2-14-42-32/h4-11,19-20,22-23,27,32,35-36,42H,2-3,12-18,21,24H2,1H3,(H,43,45)(H,44,46)(H,47,50)/t32-,35-,36-/m0/s1. The van der Waals surface area contributed by atoms with Crippen LogP contribution in [0, 0.1) is 5.92 Å². The summed E-state index contributed by atoms with van der Waals surface area (Å²) in [6.45, 7) is 3.25. The minimum absolute atomic E-state index is 0.0907. The molecule has 3 atom stereocenters. The van der Waals surface area contributed by atoms with Crippen molar-refractivity contribution in [3.8, 4) is 33.6 Å². The summed E-state index contributed by atoms with van der Waals surface area (Å²) >= 11 is 0. The molecule has 2 aromatic heterocycles. The number of fused-ring (bicyclic) bond motifs is 1. The molecule has 4 fully saturated rings. The number of H-pyrrole nitrogens is 2. The first-order valence-corrected chi connectivity index (χ1v) is 18.9. The van der Waals surface area contributed by atoms with E-state index in [2.05, 4.69) is 86.2 Å². The summed E-state index contributed by atoms with van der Waals surface area (Å²) in [5.41, 5.74) is 6.25. The molecule has 0 saturated carbocycles. The number of ether oxygens (including phenoxy) is 4. The number of rotatable bonds is 8. The van der Waals surface area contributed by atoms with Gasteiger partial charge in [-0.3, -0.25) is 4.79 Å². The molecule has 4 aliphatic heterocycles. The molecule has 1 spiro atoms. The van der Waals surface area contributed by atoms with E-state index < -0.39 is 24.0 Å². The van der Waals surface area contributed by atoms with Gasteiger partial charge < -0.3 is 44.4 Å². The summed E-state index contributed by atoms with van der Waals surface area (Å²) in [7, 11) is 1.30. The van der Waals surface area contributed by atoms with Gasteiger partial charge in [-0.1, -0.05) is 48.5 Å². The van der Waals surface area contributed by atoms with Crippen molar-refractivity contribution >= 4 is 22.8 Å². The van der Waals surface area contributed by atoms with Crippen LogP contribution < -0.4 is 10.6 Å². The normalized spacial score (nSPS) is 21.9. The van der Waals surface area contributed by atoms with Crippen LogP contribution in [0.2, 0.25) is 0 Å². The Kier molecular flexibility index (Phi) is 9.39. The van der Waals surface area contributed by atoms with E-state index in [1.807, 2.05) is 12.4 Å². The van der Waals surface area contributed by atoms with Gasteiger partial charge in [0.25, 0.3) is 0 Å². The molecule has 13 nitrogen and oxygen atoms in total. The lowest BCUT2D eigenvalue weighted by Gasteiger charge is -2.34. The Balaban J connectivity index is 0.938. The van der Waals surface area contributed by atoms with E-state index in [4.69, 9.17) is 23.9 Å². The third kappa shape index (κ3) is 6.77. The smallest absolute Gasteiger partial charge is 0.407 e. The van der Waals surface area contributed by atoms with Gasteiger partial charge in [0, 0.05) is 25.2 Å². The number of nitrogens with zero attached hydrogens (tertiary/aromatic N) is 3. The molecule has 2 amide bonds. The SMILES string of the molecule is COC(=O)N[C@H](C(=O)N1CC2(C[C@H]1c1ncc(-c3ccc4cc(-c5ccc(-c6cnc([C@@H]7CCCN7)[nH]6)cc5)ccc4c3)[nH]1)OCCO2)C1CCOCC1. The highest BCUT2D eigenvalue weighted by molar-refractivity contribution is 5.91. The summed E-state index contributed by atoms with van der Waals surface area (Å²) in [4.78, 5) is 45.0. The highest BCUT2D eigenvalue weighted by Gasteiger charge is 2.53. The number of carbonyl (C=O) groups excluding carboxylic acids is 2. The Hall–Kier alpha value is -5.08. The number of methoxy groups -OCH3 is 1. The van der Waals surface area contributed by atoms with Crippen molar-refractivity contribution in [1.82, 2.24) is 35.5 Å². The largest absolute Gasteiger partial charge is 0.453 e. The average molecular weight is 732 g/mol. The summed E-state index contributed by atoms with van der Waals surface area (Å²) < 4.78 is 22.6. The molecule has 0 unspecified atom stereocenters. The first-order chi connectivity index (χ1) is 26.4. The van der Waals surface area contributed by atoms with Crippen molar-refractivity contribution in [2.45, 2.75) is 56.0 Å². The van der Waals surface area contributed by atoms with Gasteiger partial charge in [-0.25, -0.2) is 14.8 Å². The van der Waals surface area contributed by atoms with E-state index in [1.165, 1.54) is 13.5 Å². The molecule has 3 aromatic carbocycles. The monoisotopic (exact) mass is 731 g/mol. The van der Waals surface area contributed by atoms with E-state index in [0.29, 0.717) is 57.6 Å². The van der Waals surface area contributed by atoms with Crippen molar-refractivity contribution < 1.29 is 28.5 Å². The summed E-state index contributed by atoms with van der Waals surface area (Å²) in [5, 5.41) is 8.56. The fraction of sp³-hybridized carbons (Fsp3) is 0.415. The second kappa shape index (κ2) is 14.6. The van der Waals surface area contributed by atoms with E-state index in [-0.39, 0.29) is 18.4 Å². The number of alkyl carbamates (subject to hydrolysis) is 1. The van der Waals surface area contributed by atoms with Gasteiger partial charge in [0.1, 0.15) is 17.7 Å². The lowest BCUT2D eigenvalue weighted by Crippen LogP contribution is -2.54. The molecule has 54 heavy (non-hydrogen) atoms. The number of amides is 2. The second-order valence-corrected chi connectivity index (χ2v) is 14.7. The number of hydrogen-bond donors (Lipinski definition) is 4. The average Bonchev–Trinajstić information content (AvgIpc) is 4.08. The predicted molar refractivity (Wildman–Crippen MR) is 201 cm³/mol. The molecule has 0 aliphatic carbocycles. The van der Waals surface area contributed by atoms with Gasteiger partial charge in [-0.05, 0) is 77.7 Å². The Bertz CT molecular complexity index is 2130. The van der Waals surface area contributed by atoms with Crippen molar-refractivity contribution in [1.29, 1.82) is 0 Å². The van der Waals surface area contributed by atoms with E-state index >= 15 is 0 Å². The maximum atomic E-state index is 14.4. The topological polar surface area (TPSA) is 156 Å². The molecule has 5 aromatic rings. The molecule has 0 bridgehead atoms. The molecular formula is C41H45N7O6. The van der Waals surface area contributed by atoms with Crippen LogP contribution in [-0.2, 0) is 23.7 Å². The molecule has 0 radical (unpaired) electrons.